The molecule has 1 aromatic rings. The topological polar surface area (TPSA) is 84.2 Å². The van der Waals surface area contributed by atoms with E-state index in [9.17, 15) is 21.6 Å². The Morgan fingerprint density at radius 3 is 2.53 bits per heavy atom. The van der Waals surface area contributed by atoms with Gasteiger partial charge < -0.3 is 11.1 Å². The summed E-state index contributed by atoms with van der Waals surface area (Å²) in [5, 5.41) is 2.51. The van der Waals surface area contributed by atoms with E-state index in [-0.39, 0.29) is 17.3 Å². The van der Waals surface area contributed by atoms with Gasteiger partial charge >= 0.3 is 6.18 Å². The Balaban J connectivity index is 2.67. The van der Waals surface area contributed by atoms with Crippen molar-refractivity contribution in [3.05, 3.63) is 17.7 Å². The second-order valence-corrected chi connectivity index (χ2v) is 5.17. The van der Waals surface area contributed by atoms with Crippen molar-refractivity contribution in [3.8, 4) is 0 Å². The number of anilines is 2. The van der Waals surface area contributed by atoms with E-state index in [0.717, 1.165) is 6.07 Å². The number of alkyl halides is 3. The molecule has 5 nitrogen and oxygen atoms in total. The van der Waals surface area contributed by atoms with E-state index < -0.39 is 27.5 Å². The molecule has 17 heavy (non-hydrogen) atoms. The lowest BCUT2D eigenvalue weighted by atomic mass is 10.1. The highest BCUT2D eigenvalue weighted by atomic mass is 32.2. The molecule has 1 aliphatic heterocycles. The van der Waals surface area contributed by atoms with Crippen LogP contribution in [-0.4, -0.2) is 15.1 Å². The average molecular weight is 267 g/mol. The SMILES string of the molecule is Nc1cc2c(cc1C(F)(F)F)NCNS2(=O)=O. The molecule has 0 aromatic heterocycles. The summed E-state index contributed by atoms with van der Waals surface area (Å²) in [5.74, 6) is 0. The first-order chi connectivity index (χ1) is 7.72. The Hall–Kier alpha value is -1.48. The van der Waals surface area contributed by atoms with E-state index in [1.165, 1.54) is 0 Å². The highest BCUT2D eigenvalue weighted by Crippen LogP contribution is 2.38. The van der Waals surface area contributed by atoms with Crippen molar-refractivity contribution >= 4 is 21.4 Å². The predicted octanol–water partition coefficient (Wildman–Crippen LogP) is 0.949. The van der Waals surface area contributed by atoms with Crippen LogP contribution < -0.4 is 15.8 Å². The lowest BCUT2D eigenvalue weighted by molar-refractivity contribution is -0.136. The predicted molar refractivity (Wildman–Crippen MR) is 54.7 cm³/mol. The number of benzene rings is 1. The Morgan fingerprint density at radius 1 is 1.29 bits per heavy atom. The molecule has 0 saturated heterocycles. The van der Waals surface area contributed by atoms with Crippen LogP contribution in [0.25, 0.3) is 0 Å². The third-order valence-corrected chi connectivity index (χ3v) is 3.73. The van der Waals surface area contributed by atoms with Gasteiger partial charge in [-0.15, -0.1) is 0 Å². The second-order valence-electron chi connectivity index (χ2n) is 3.43. The van der Waals surface area contributed by atoms with Crippen LogP contribution in [0.5, 0.6) is 0 Å². The number of rotatable bonds is 0. The number of fused-ring (bicyclic) bond motifs is 1. The van der Waals surface area contributed by atoms with Gasteiger partial charge in [0.25, 0.3) is 0 Å². The fourth-order valence-electron chi connectivity index (χ4n) is 1.51. The van der Waals surface area contributed by atoms with Crippen LogP contribution in [0, 0.1) is 0 Å². The third kappa shape index (κ3) is 2.03. The molecule has 2 rings (SSSR count). The fraction of sp³-hybridized carbons (Fsp3) is 0.250. The summed E-state index contributed by atoms with van der Waals surface area (Å²) in [7, 11) is -3.79. The van der Waals surface area contributed by atoms with E-state index in [0.29, 0.717) is 6.07 Å². The number of hydrogen-bond acceptors (Lipinski definition) is 4. The largest absolute Gasteiger partial charge is 0.418 e. The Bertz CT molecular complexity index is 568. The number of sulfonamides is 1. The molecule has 94 valence electrons. The third-order valence-electron chi connectivity index (χ3n) is 2.29. The van der Waals surface area contributed by atoms with Gasteiger partial charge in [0.2, 0.25) is 10.0 Å². The molecule has 0 fully saturated rings. The summed E-state index contributed by atoms with van der Waals surface area (Å²) in [6, 6.07) is 1.50. The summed E-state index contributed by atoms with van der Waals surface area (Å²) in [6.45, 7) is -0.156. The van der Waals surface area contributed by atoms with Crippen molar-refractivity contribution in [2.75, 3.05) is 17.7 Å². The Kier molecular flexibility index (Phi) is 2.47. The molecular weight excluding hydrogens is 259 g/mol. The minimum atomic E-state index is -4.62. The average Bonchev–Trinajstić information content (AvgIpc) is 2.16. The van der Waals surface area contributed by atoms with Crippen LogP contribution >= 0.6 is 0 Å². The summed E-state index contributed by atoms with van der Waals surface area (Å²) in [4.78, 5) is -0.283. The van der Waals surface area contributed by atoms with E-state index in [2.05, 4.69) is 10.0 Å². The number of hydrogen-bond donors (Lipinski definition) is 3. The van der Waals surface area contributed by atoms with Crippen molar-refractivity contribution in [2.24, 2.45) is 0 Å². The smallest absolute Gasteiger partial charge is 0.398 e. The van der Waals surface area contributed by atoms with Crippen molar-refractivity contribution in [1.29, 1.82) is 0 Å². The van der Waals surface area contributed by atoms with E-state index in [4.69, 9.17) is 5.73 Å². The monoisotopic (exact) mass is 267 g/mol. The van der Waals surface area contributed by atoms with Gasteiger partial charge in [0, 0.05) is 5.69 Å². The molecule has 0 amide bonds. The van der Waals surface area contributed by atoms with Crippen LogP contribution in [0.4, 0.5) is 24.5 Å². The van der Waals surface area contributed by atoms with Crippen LogP contribution in [0.15, 0.2) is 17.0 Å². The maximum atomic E-state index is 12.5. The fourth-order valence-corrected chi connectivity index (χ4v) is 2.63. The zero-order chi connectivity index (χ0) is 12.8. The van der Waals surface area contributed by atoms with Crippen LogP contribution in [0.2, 0.25) is 0 Å². The second kappa shape index (κ2) is 3.50. The zero-order valence-electron chi connectivity index (χ0n) is 8.30. The molecule has 0 radical (unpaired) electrons. The van der Waals surface area contributed by atoms with Gasteiger partial charge in [0.1, 0.15) is 4.90 Å². The van der Waals surface area contributed by atoms with Crippen molar-refractivity contribution in [1.82, 2.24) is 4.72 Å². The van der Waals surface area contributed by atoms with Crippen LogP contribution in [0.3, 0.4) is 0 Å². The van der Waals surface area contributed by atoms with Crippen LogP contribution in [-0.2, 0) is 16.2 Å². The maximum Gasteiger partial charge on any atom is 0.418 e. The summed E-state index contributed by atoms with van der Waals surface area (Å²) >= 11 is 0. The Labute approximate surface area is 94.9 Å². The Morgan fingerprint density at radius 2 is 1.94 bits per heavy atom. The minimum Gasteiger partial charge on any atom is -0.398 e. The van der Waals surface area contributed by atoms with Gasteiger partial charge in [-0.1, -0.05) is 0 Å². The molecule has 0 saturated carbocycles. The molecule has 0 unspecified atom stereocenters. The molecular formula is C8H8F3N3O2S. The highest BCUT2D eigenvalue weighted by molar-refractivity contribution is 7.89. The zero-order valence-corrected chi connectivity index (χ0v) is 9.11. The lowest BCUT2D eigenvalue weighted by Crippen LogP contribution is -2.34. The van der Waals surface area contributed by atoms with Gasteiger partial charge in [-0.2, -0.15) is 17.9 Å². The molecule has 0 bridgehead atoms. The summed E-state index contributed by atoms with van der Waals surface area (Å²) in [6.07, 6.45) is -4.62. The van der Waals surface area contributed by atoms with Gasteiger partial charge in [-0.3, -0.25) is 0 Å². The molecule has 0 aliphatic carbocycles. The normalized spacial score (nSPS) is 18.3. The molecule has 9 heteroatoms. The van der Waals surface area contributed by atoms with Crippen molar-refractivity contribution < 1.29 is 21.6 Å². The standard InChI is InChI=1S/C8H8F3N3O2S/c9-8(10,11)4-1-6-7(2-5(4)12)17(15,16)14-3-13-6/h1-2,13-14H,3,12H2. The van der Waals surface area contributed by atoms with Crippen LogP contribution in [0.1, 0.15) is 5.56 Å². The number of nitrogens with one attached hydrogen (secondary N) is 2. The minimum absolute atomic E-state index is 0.106. The highest BCUT2D eigenvalue weighted by Gasteiger charge is 2.35. The molecule has 1 aliphatic rings. The maximum absolute atomic E-state index is 12.5. The first kappa shape index (κ1) is 12.0. The van der Waals surface area contributed by atoms with Crippen molar-refractivity contribution in [2.45, 2.75) is 11.1 Å². The molecule has 4 N–H and O–H groups in total. The number of halogens is 3. The number of nitrogens with two attached hydrogens (primary N) is 1. The van der Waals surface area contributed by atoms with Gasteiger partial charge in [0.05, 0.1) is 17.9 Å². The lowest BCUT2D eigenvalue weighted by Gasteiger charge is -2.21. The van der Waals surface area contributed by atoms with E-state index >= 15 is 0 Å². The molecule has 1 aromatic carbocycles. The summed E-state index contributed by atoms with van der Waals surface area (Å²) < 4.78 is 62.7. The van der Waals surface area contributed by atoms with E-state index in [1.54, 1.807) is 0 Å². The van der Waals surface area contributed by atoms with Crippen molar-refractivity contribution in [3.63, 3.8) is 0 Å². The quantitative estimate of drug-likeness (QED) is 0.611. The number of nitrogen functional groups attached to an aromatic ring is 1. The molecule has 0 spiro atoms. The van der Waals surface area contributed by atoms with E-state index in [1.807, 2.05) is 0 Å². The molecule has 0 atom stereocenters. The first-order valence-corrected chi connectivity index (χ1v) is 5.94. The van der Waals surface area contributed by atoms with Gasteiger partial charge in [-0.05, 0) is 12.1 Å². The molecule has 1 heterocycles. The van der Waals surface area contributed by atoms with Gasteiger partial charge in [-0.25, -0.2) is 8.42 Å². The first-order valence-electron chi connectivity index (χ1n) is 4.46. The summed E-state index contributed by atoms with van der Waals surface area (Å²) in [5.41, 5.74) is 3.43. The van der Waals surface area contributed by atoms with Gasteiger partial charge in [0.15, 0.2) is 0 Å².